The maximum Gasteiger partial charge on any atom is 0.339 e. The highest BCUT2D eigenvalue weighted by atomic mass is 35.5. The maximum atomic E-state index is 13.3. The van der Waals surface area contributed by atoms with Crippen LogP contribution in [0, 0.1) is 6.92 Å². The van der Waals surface area contributed by atoms with Crippen LogP contribution in [-0.4, -0.2) is 35.9 Å². The van der Waals surface area contributed by atoms with Gasteiger partial charge in [0.1, 0.15) is 21.9 Å². The smallest absolute Gasteiger partial charge is 0.339 e. The molecule has 0 aliphatic rings. The highest BCUT2D eigenvalue weighted by Gasteiger charge is 2.29. The van der Waals surface area contributed by atoms with Crippen LogP contribution in [0.2, 0.25) is 5.02 Å². The number of fused-ring (bicyclic) bond motifs is 1. The largest absolute Gasteiger partial charge is 0.478 e. The third-order valence-electron chi connectivity index (χ3n) is 4.72. The van der Waals surface area contributed by atoms with Crippen molar-refractivity contribution < 1.29 is 23.1 Å². The molecule has 32 heavy (non-hydrogen) atoms. The molecule has 0 radical (unpaired) electrons. The molecule has 0 aliphatic heterocycles. The third-order valence-corrected chi connectivity index (χ3v) is 7.60. The van der Waals surface area contributed by atoms with E-state index in [-0.39, 0.29) is 16.1 Å². The van der Waals surface area contributed by atoms with Gasteiger partial charge in [0.05, 0.1) is 21.7 Å². The van der Waals surface area contributed by atoms with Gasteiger partial charge in [0.2, 0.25) is 0 Å². The number of aromatic nitrogens is 2. The van der Waals surface area contributed by atoms with E-state index in [0.29, 0.717) is 32.4 Å². The van der Waals surface area contributed by atoms with Crippen molar-refractivity contribution in [3.8, 4) is 11.5 Å². The van der Waals surface area contributed by atoms with E-state index in [1.54, 1.807) is 31.2 Å². The number of sulfonamides is 1. The molecule has 2 aromatic heterocycles. The molecule has 0 aliphatic carbocycles. The third kappa shape index (κ3) is 3.99. The topological polar surface area (TPSA) is 110 Å². The Balaban J connectivity index is 1.71. The minimum absolute atomic E-state index is 0.0226. The van der Waals surface area contributed by atoms with E-state index in [2.05, 4.69) is 9.36 Å². The van der Waals surface area contributed by atoms with Crippen molar-refractivity contribution in [1.29, 1.82) is 0 Å². The highest BCUT2D eigenvalue weighted by molar-refractivity contribution is 7.92. The molecule has 1 N–H and O–H groups in total. The molecule has 0 bridgehead atoms. The lowest BCUT2D eigenvalue weighted by Gasteiger charge is -2.22. The van der Waals surface area contributed by atoms with E-state index in [9.17, 15) is 18.3 Å². The second kappa shape index (κ2) is 8.38. The summed E-state index contributed by atoms with van der Waals surface area (Å²) in [4.78, 5) is 16.3. The Bertz CT molecular complexity index is 1420. The summed E-state index contributed by atoms with van der Waals surface area (Å²) in [6, 6.07) is 12.6. The van der Waals surface area contributed by atoms with Crippen LogP contribution in [0.1, 0.15) is 16.1 Å². The summed E-state index contributed by atoms with van der Waals surface area (Å²) in [6.07, 6.45) is 1.15. The number of ether oxygens (including phenoxy) is 1. The maximum absolute atomic E-state index is 13.3. The number of aromatic carboxylic acids is 1. The first kappa shape index (κ1) is 22.0. The van der Waals surface area contributed by atoms with Crippen LogP contribution in [0.15, 0.2) is 59.6 Å². The van der Waals surface area contributed by atoms with Crippen LogP contribution in [-0.2, 0) is 10.0 Å². The molecule has 0 amide bonds. The molecular formula is C21H16ClN3O5S2. The van der Waals surface area contributed by atoms with Crippen molar-refractivity contribution in [2.24, 2.45) is 0 Å². The average Bonchev–Trinajstić information content (AvgIpc) is 3.15. The second-order valence-electron chi connectivity index (χ2n) is 6.77. The first-order valence-electron chi connectivity index (χ1n) is 9.19. The molecule has 0 saturated heterocycles. The number of anilines is 1. The number of pyridine rings is 1. The first-order valence-corrected chi connectivity index (χ1v) is 11.8. The zero-order chi connectivity index (χ0) is 23.0. The van der Waals surface area contributed by atoms with Crippen molar-refractivity contribution in [3.05, 3.63) is 71.0 Å². The molecule has 0 unspecified atom stereocenters. The van der Waals surface area contributed by atoms with Crippen LogP contribution in [0.4, 0.5) is 5.69 Å². The Hall–Kier alpha value is -3.21. The number of carboxylic acids is 1. The number of carboxylic acid groups (broad SMARTS) is 1. The van der Waals surface area contributed by atoms with E-state index >= 15 is 0 Å². The van der Waals surface area contributed by atoms with Gasteiger partial charge in [0.25, 0.3) is 10.0 Å². The summed E-state index contributed by atoms with van der Waals surface area (Å²) < 4.78 is 37.5. The van der Waals surface area contributed by atoms with Gasteiger partial charge < -0.3 is 9.84 Å². The number of carbonyl (C=O) groups is 1. The van der Waals surface area contributed by atoms with Crippen LogP contribution < -0.4 is 9.04 Å². The fourth-order valence-corrected chi connectivity index (χ4v) is 5.22. The van der Waals surface area contributed by atoms with E-state index in [0.717, 1.165) is 22.0 Å². The molecule has 0 saturated carbocycles. The molecule has 0 fully saturated rings. The number of hydrogen-bond donors (Lipinski definition) is 1. The minimum Gasteiger partial charge on any atom is -0.478 e. The fraction of sp³-hybridized carbons (Fsp3) is 0.0952. The lowest BCUT2D eigenvalue weighted by molar-refractivity contribution is 0.0697. The molecule has 11 heteroatoms. The monoisotopic (exact) mass is 489 g/mol. The lowest BCUT2D eigenvalue weighted by Crippen LogP contribution is -2.28. The van der Waals surface area contributed by atoms with Crippen molar-refractivity contribution in [2.75, 3.05) is 11.4 Å². The summed E-state index contributed by atoms with van der Waals surface area (Å²) in [5.41, 5.74) is 0.300. The van der Waals surface area contributed by atoms with E-state index < -0.39 is 16.0 Å². The number of rotatable bonds is 6. The lowest BCUT2D eigenvalue weighted by atomic mass is 10.1. The van der Waals surface area contributed by atoms with Crippen molar-refractivity contribution in [3.63, 3.8) is 0 Å². The van der Waals surface area contributed by atoms with Crippen molar-refractivity contribution >= 4 is 55.0 Å². The Morgan fingerprint density at radius 3 is 2.28 bits per heavy atom. The standard InChI is InChI=1S/C21H16ClN3O5S2/c1-12-18-19(17(21(26)27)11-23-20(18)31-24-12)25(2)32(28,29)16-9-7-15(8-10-16)30-14-5-3-13(22)4-6-14/h3-11H,1-2H3,(H,26,27). The van der Waals surface area contributed by atoms with E-state index in [1.165, 1.54) is 31.3 Å². The zero-order valence-electron chi connectivity index (χ0n) is 16.8. The Morgan fingerprint density at radius 1 is 1.09 bits per heavy atom. The van der Waals surface area contributed by atoms with Crippen LogP contribution in [0.25, 0.3) is 10.2 Å². The molecular weight excluding hydrogens is 474 g/mol. The first-order chi connectivity index (χ1) is 15.2. The van der Waals surface area contributed by atoms with Gasteiger partial charge in [-0.25, -0.2) is 18.2 Å². The molecule has 0 spiro atoms. The van der Waals surface area contributed by atoms with Gasteiger partial charge in [0, 0.05) is 18.3 Å². The summed E-state index contributed by atoms with van der Waals surface area (Å²) in [5, 5.41) is 10.6. The minimum atomic E-state index is -4.08. The summed E-state index contributed by atoms with van der Waals surface area (Å²) in [7, 11) is -2.77. The van der Waals surface area contributed by atoms with Crippen molar-refractivity contribution in [2.45, 2.75) is 11.8 Å². The number of aryl methyl sites for hydroxylation is 1. The van der Waals surface area contributed by atoms with Gasteiger partial charge in [-0.2, -0.15) is 4.37 Å². The van der Waals surface area contributed by atoms with Gasteiger partial charge >= 0.3 is 5.97 Å². The molecule has 0 atom stereocenters. The molecule has 2 heterocycles. The number of nitrogens with zero attached hydrogens (tertiary/aromatic N) is 3. The van der Waals surface area contributed by atoms with Gasteiger partial charge in [-0.15, -0.1) is 0 Å². The predicted octanol–water partition coefficient (Wildman–Crippen LogP) is 4.97. The predicted molar refractivity (Wildman–Crippen MR) is 123 cm³/mol. The van der Waals surface area contributed by atoms with Gasteiger partial charge in [0.15, 0.2) is 0 Å². The van der Waals surface area contributed by atoms with Crippen LogP contribution in [0.3, 0.4) is 0 Å². The SMILES string of the molecule is Cc1nsc2ncc(C(=O)O)c(N(C)S(=O)(=O)c3ccc(Oc4ccc(Cl)cc4)cc3)c12. The second-order valence-corrected chi connectivity index (χ2v) is 9.93. The molecule has 2 aromatic carbocycles. The zero-order valence-corrected chi connectivity index (χ0v) is 19.2. The Labute approximate surface area is 192 Å². The number of benzene rings is 2. The molecule has 4 rings (SSSR count). The van der Waals surface area contributed by atoms with Crippen LogP contribution in [0.5, 0.6) is 11.5 Å². The molecule has 4 aromatic rings. The summed E-state index contributed by atoms with van der Waals surface area (Å²) in [5.74, 6) is -0.300. The highest BCUT2D eigenvalue weighted by Crippen LogP contribution is 2.36. The van der Waals surface area contributed by atoms with E-state index in [4.69, 9.17) is 16.3 Å². The average molecular weight is 490 g/mol. The molecule has 8 nitrogen and oxygen atoms in total. The molecule has 164 valence electrons. The summed E-state index contributed by atoms with van der Waals surface area (Å²) in [6.45, 7) is 1.68. The Morgan fingerprint density at radius 2 is 1.69 bits per heavy atom. The fourth-order valence-electron chi connectivity index (χ4n) is 3.12. The Kier molecular flexibility index (Phi) is 5.76. The van der Waals surface area contributed by atoms with Gasteiger partial charge in [-0.05, 0) is 67.0 Å². The quantitative estimate of drug-likeness (QED) is 0.407. The van der Waals surface area contributed by atoms with E-state index in [1.807, 2.05) is 0 Å². The normalized spacial score (nSPS) is 11.5. The van der Waals surface area contributed by atoms with Gasteiger partial charge in [-0.1, -0.05) is 11.6 Å². The van der Waals surface area contributed by atoms with Crippen LogP contribution >= 0.6 is 23.1 Å². The number of hydrogen-bond acceptors (Lipinski definition) is 7. The number of halogens is 1. The van der Waals surface area contributed by atoms with Gasteiger partial charge in [-0.3, -0.25) is 4.31 Å². The summed E-state index contributed by atoms with van der Waals surface area (Å²) >= 11 is 6.94. The van der Waals surface area contributed by atoms with Crippen molar-refractivity contribution in [1.82, 2.24) is 9.36 Å².